The average molecular weight is 508 g/mol. The van der Waals surface area contributed by atoms with Crippen molar-refractivity contribution < 1.29 is 13.9 Å². The highest BCUT2D eigenvalue weighted by atomic mass is 79.9. The van der Waals surface area contributed by atoms with Crippen LogP contribution in [0.4, 0.5) is 0 Å². The number of aromatic nitrogens is 1. The molecular weight excluding hydrogens is 482 g/mol. The van der Waals surface area contributed by atoms with Gasteiger partial charge in [-0.3, -0.25) is 4.79 Å². The molecule has 2 aromatic carbocycles. The number of amides is 1. The molecule has 0 aliphatic rings. The summed E-state index contributed by atoms with van der Waals surface area (Å²) in [4.78, 5) is 12.6. The normalized spacial score (nSPS) is 11.5. The van der Waals surface area contributed by atoms with Gasteiger partial charge in [0.05, 0.1) is 19.0 Å². The quantitative estimate of drug-likeness (QED) is 0.247. The molecule has 33 heavy (non-hydrogen) atoms. The van der Waals surface area contributed by atoms with E-state index in [4.69, 9.17) is 9.15 Å². The van der Waals surface area contributed by atoms with Crippen LogP contribution >= 0.6 is 15.9 Å². The number of hydrogen-bond acceptors (Lipinski definition) is 4. The van der Waals surface area contributed by atoms with E-state index in [1.54, 1.807) is 25.5 Å². The molecule has 0 saturated heterocycles. The number of para-hydroxylation sites is 1. The smallest absolute Gasteiger partial charge is 0.307 e. The number of nitrogens with one attached hydrogen (secondary N) is 1. The van der Waals surface area contributed by atoms with E-state index in [9.17, 15) is 4.79 Å². The number of halogens is 1. The van der Waals surface area contributed by atoms with Gasteiger partial charge < -0.3 is 13.7 Å². The summed E-state index contributed by atoms with van der Waals surface area (Å²) in [5, 5.41) is 4.95. The molecule has 0 unspecified atom stereocenters. The maximum Gasteiger partial charge on any atom is 0.307 e. The maximum atomic E-state index is 12.6. The van der Waals surface area contributed by atoms with Crippen LogP contribution in [0, 0.1) is 20.8 Å². The number of nitrogens with zero attached hydrogens (tertiary/aromatic N) is 2. The van der Waals surface area contributed by atoms with Gasteiger partial charge in [0, 0.05) is 26.8 Å². The second-order valence-electron chi connectivity index (χ2n) is 7.93. The van der Waals surface area contributed by atoms with Crippen molar-refractivity contribution in [2.75, 3.05) is 7.11 Å². The van der Waals surface area contributed by atoms with Crippen LogP contribution in [0.3, 0.4) is 0 Å². The van der Waals surface area contributed by atoms with E-state index in [0.29, 0.717) is 11.3 Å². The highest BCUT2D eigenvalue weighted by Crippen LogP contribution is 2.32. The molecule has 7 heteroatoms. The second-order valence-corrected chi connectivity index (χ2v) is 8.85. The van der Waals surface area contributed by atoms with Crippen molar-refractivity contribution in [3.63, 3.8) is 0 Å². The minimum atomic E-state index is -0.429. The fraction of sp³-hybridized carbons (Fsp3) is 0.231. The SMILES string of the molecule is CCc1cccc(C)c1-n1c(C)cc(/C=N\NC(=O)c2cc3cc(Br)cc(OC)c3o2)c1C. The van der Waals surface area contributed by atoms with E-state index in [2.05, 4.69) is 83.0 Å². The van der Waals surface area contributed by atoms with E-state index in [0.717, 1.165) is 33.2 Å². The number of furan rings is 1. The molecule has 4 aromatic rings. The van der Waals surface area contributed by atoms with Crippen LogP contribution in [0.15, 0.2) is 56.5 Å². The van der Waals surface area contributed by atoms with Crippen LogP contribution in [0.1, 0.15) is 45.6 Å². The third-order valence-electron chi connectivity index (χ3n) is 5.76. The van der Waals surface area contributed by atoms with Crippen LogP contribution in [-0.2, 0) is 6.42 Å². The Kier molecular flexibility index (Phi) is 6.42. The lowest BCUT2D eigenvalue weighted by Crippen LogP contribution is -2.16. The van der Waals surface area contributed by atoms with E-state index in [-0.39, 0.29) is 5.76 Å². The first-order valence-corrected chi connectivity index (χ1v) is 11.5. The molecule has 0 spiro atoms. The first kappa shape index (κ1) is 22.9. The van der Waals surface area contributed by atoms with Crippen LogP contribution in [0.25, 0.3) is 16.7 Å². The van der Waals surface area contributed by atoms with Crippen molar-refractivity contribution in [3.05, 3.63) is 80.8 Å². The van der Waals surface area contributed by atoms with Crippen molar-refractivity contribution in [1.82, 2.24) is 9.99 Å². The molecule has 4 rings (SSSR count). The van der Waals surface area contributed by atoms with Gasteiger partial charge in [0.2, 0.25) is 0 Å². The predicted octanol–water partition coefficient (Wildman–Crippen LogP) is 6.25. The summed E-state index contributed by atoms with van der Waals surface area (Å²) in [6.45, 7) is 8.43. The maximum absolute atomic E-state index is 12.6. The number of hydrazone groups is 1. The molecular formula is C26H26BrN3O3. The van der Waals surface area contributed by atoms with E-state index in [1.165, 1.54) is 16.8 Å². The van der Waals surface area contributed by atoms with Gasteiger partial charge in [0.1, 0.15) is 0 Å². The predicted molar refractivity (Wildman–Crippen MR) is 135 cm³/mol. The summed E-state index contributed by atoms with van der Waals surface area (Å²) < 4.78 is 14.1. The first-order valence-electron chi connectivity index (χ1n) is 10.7. The number of carbonyl (C=O) groups excluding carboxylic acids is 1. The lowest BCUT2D eigenvalue weighted by molar-refractivity contribution is 0.0929. The number of benzene rings is 2. The topological polar surface area (TPSA) is 68.8 Å². The third kappa shape index (κ3) is 4.33. The Hall–Kier alpha value is -3.32. The first-order chi connectivity index (χ1) is 15.8. The standard InChI is InChI=1S/C26H26BrN3O3/c1-6-18-9-7-8-15(2)24(18)30-16(3)10-20(17(30)4)14-28-29-26(31)23-12-19-11-21(27)13-22(32-5)25(19)33-23/h7-14H,6H2,1-5H3,(H,29,31)/b28-14-. The summed E-state index contributed by atoms with van der Waals surface area (Å²) in [6, 6.07) is 13.8. The number of carbonyl (C=O) groups is 1. The fourth-order valence-electron chi connectivity index (χ4n) is 4.15. The summed E-state index contributed by atoms with van der Waals surface area (Å²) in [7, 11) is 1.56. The zero-order valence-electron chi connectivity index (χ0n) is 19.3. The monoisotopic (exact) mass is 507 g/mol. The molecule has 2 aromatic heterocycles. The minimum Gasteiger partial charge on any atom is -0.493 e. The molecule has 0 radical (unpaired) electrons. The molecule has 0 fully saturated rings. The van der Waals surface area contributed by atoms with Gasteiger partial charge in [-0.1, -0.05) is 41.1 Å². The number of aryl methyl sites for hydroxylation is 3. The Bertz CT molecular complexity index is 1380. The molecule has 1 amide bonds. The molecule has 6 nitrogen and oxygen atoms in total. The second kappa shape index (κ2) is 9.27. The third-order valence-corrected chi connectivity index (χ3v) is 6.21. The van der Waals surface area contributed by atoms with Crippen molar-refractivity contribution in [1.29, 1.82) is 0 Å². The lowest BCUT2D eigenvalue weighted by atomic mass is 10.1. The Morgan fingerprint density at radius 2 is 2.00 bits per heavy atom. The number of hydrogen-bond donors (Lipinski definition) is 1. The average Bonchev–Trinajstić information content (AvgIpc) is 3.33. The Labute approximate surface area is 201 Å². The number of rotatable bonds is 6. The number of ether oxygens (including phenoxy) is 1. The largest absolute Gasteiger partial charge is 0.493 e. The molecule has 170 valence electrons. The van der Waals surface area contributed by atoms with Crippen LogP contribution in [0.5, 0.6) is 5.75 Å². The zero-order valence-corrected chi connectivity index (χ0v) is 20.9. The number of fused-ring (bicyclic) bond motifs is 1. The van der Waals surface area contributed by atoms with Gasteiger partial charge in [-0.05, 0) is 62.6 Å². The van der Waals surface area contributed by atoms with Crippen molar-refractivity contribution in [3.8, 4) is 11.4 Å². The van der Waals surface area contributed by atoms with Gasteiger partial charge in [-0.25, -0.2) is 5.43 Å². The van der Waals surface area contributed by atoms with Gasteiger partial charge in [-0.15, -0.1) is 0 Å². The summed E-state index contributed by atoms with van der Waals surface area (Å²) in [5.74, 6) is 0.287. The van der Waals surface area contributed by atoms with Gasteiger partial charge >= 0.3 is 5.91 Å². The van der Waals surface area contributed by atoms with E-state index in [1.807, 2.05) is 6.07 Å². The molecule has 0 bridgehead atoms. The van der Waals surface area contributed by atoms with Crippen LogP contribution < -0.4 is 10.2 Å². The summed E-state index contributed by atoms with van der Waals surface area (Å²) in [6.07, 6.45) is 2.62. The molecule has 0 saturated carbocycles. The van der Waals surface area contributed by atoms with Gasteiger partial charge in [0.25, 0.3) is 0 Å². The Morgan fingerprint density at radius 1 is 1.21 bits per heavy atom. The molecule has 0 aliphatic heterocycles. The molecule has 2 heterocycles. The van der Waals surface area contributed by atoms with Gasteiger partial charge in [0.15, 0.2) is 17.1 Å². The number of methoxy groups -OCH3 is 1. The van der Waals surface area contributed by atoms with Crippen molar-refractivity contribution in [2.45, 2.75) is 34.1 Å². The van der Waals surface area contributed by atoms with Crippen LogP contribution in [0.2, 0.25) is 0 Å². The molecule has 0 atom stereocenters. The Balaban J connectivity index is 1.58. The van der Waals surface area contributed by atoms with Crippen LogP contribution in [-0.4, -0.2) is 23.8 Å². The molecule has 1 N–H and O–H groups in total. The summed E-state index contributed by atoms with van der Waals surface area (Å²) in [5.41, 5.74) is 9.92. The highest BCUT2D eigenvalue weighted by Gasteiger charge is 2.16. The summed E-state index contributed by atoms with van der Waals surface area (Å²) >= 11 is 3.44. The zero-order chi connectivity index (χ0) is 23.7. The lowest BCUT2D eigenvalue weighted by Gasteiger charge is -2.17. The van der Waals surface area contributed by atoms with E-state index < -0.39 is 5.91 Å². The molecule has 0 aliphatic carbocycles. The van der Waals surface area contributed by atoms with Gasteiger partial charge in [-0.2, -0.15) is 5.10 Å². The Morgan fingerprint density at radius 3 is 2.73 bits per heavy atom. The highest BCUT2D eigenvalue weighted by molar-refractivity contribution is 9.10. The minimum absolute atomic E-state index is 0.163. The van der Waals surface area contributed by atoms with E-state index >= 15 is 0 Å². The van der Waals surface area contributed by atoms with Crippen molar-refractivity contribution in [2.24, 2.45) is 5.10 Å². The fourth-order valence-corrected chi connectivity index (χ4v) is 4.61. The van der Waals surface area contributed by atoms with Crippen molar-refractivity contribution >= 4 is 39.0 Å².